The molecule has 120 valence electrons. The maximum absolute atomic E-state index is 11.6. The van der Waals surface area contributed by atoms with E-state index in [9.17, 15) is 4.79 Å². The van der Waals surface area contributed by atoms with Crippen molar-refractivity contribution in [3.8, 4) is 0 Å². The van der Waals surface area contributed by atoms with E-state index >= 15 is 0 Å². The van der Waals surface area contributed by atoms with E-state index in [1.807, 2.05) is 32.9 Å². The summed E-state index contributed by atoms with van der Waals surface area (Å²) in [6, 6.07) is 6.25. The molecule has 0 aromatic heterocycles. The molecule has 21 heavy (non-hydrogen) atoms. The lowest BCUT2D eigenvalue weighted by atomic mass is 9.97. The molecule has 1 aromatic rings. The van der Waals surface area contributed by atoms with Crippen LogP contribution in [0.5, 0.6) is 0 Å². The van der Waals surface area contributed by atoms with Crippen LogP contribution in [0.3, 0.4) is 0 Å². The van der Waals surface area contributed by atoms with E-state index in [1.54, 1.807) is 0 Å². The van der Waals surface area contributed by atoms with Gasteiger partial charge in [0.15, 0.2) is 0 Å². The molecule has 0 saturated heterocycles. The number of carbonyl (C=O) groups is 1. The molecule has 0 fully saturated rings. The number of anilines is 1. The lowest BCUT2D eigenvalue weighted by Gasteiger charge is -2.14. The first-order chi connectivity index (χ1) is 10.2. The fourth-order valence-corrected chi connectivity index (χ4v) is 2.35. The van der Waals surface area contributed by atoms with Gasteiger partial charge in [0.2, 0.25) is 5.91 Å². The third-order valence-corrected chi connectivity index (χ3v) is 3.53. The highest BCUT2D eigenvalue weighted by Gasteiger charge is 2.09. The van der Waals surface area contributed by atoms with Crippen molar-refractivity contribution in [2.45, 2.75) is 79.6 Å². The van der Waals surface area contributed by atoms with Gasteiger partial charge in [0, 0.05) is 12.1 Å². The Labute approximate surface area is 131 Å². The van der Waals surface area contributed by atoms with Crippen LogP contribution in [0, 0.1) is 0 Å². The summed E-state index contributed by atoms with van der Waals surface area (Å²) in [5.74, 6) is 0.100. The molecular formula is C19H33NO. The Morgan fingerprint density at radius 1 is 1.05 bits per heavy atom. The van der Waals surface area contributed by atoms with Crippen molar-refractivity contribution in [2.24, 2.45) is 0 Å². The average molecular weight is 291 g/mol. The molecule has 0 bridgehead atoms. The zero-order valence-corrected chi connectivity index (χ0v) is 14.6. The molecular weight excluding hydrogens is 258 g/mol. The van der Waals surface area contributed by atoms with Crippen molar-refractivity contribution in [2.75, 3.05) is 5.32 Å². The van der Waals surface area contributed by atoms with Gasteiger partial charge in [-0.05, 0) is 36.5 Å². The van der Waals surface area contributed by atoms with Gasteiger partial charge in [-0.25, -0.2) is 0 Å². The second-order valence-electron chi connectivity index (χ2n) is 5.01. The Morgan fingerprint density at radius 2 is 1.76 bits per heavy atom. The average Bonchev–Trinajstić information content (AvgIpc) is 2.54. The predicted octanol–water partition coefficient (Wildman–Crippen LogP) is 5.75. The Balaban J connectivity index is 0.00000191. The fraction of sp³-hybridized carbons (Fsp3) is 0.632. The molecule has 0 radical (unpaired) electrons. The summed E-state index contributed by atoms with van der Waals surface area (Å²) >= 11 is 0. The first-order valence-electron chi connectivity index (χ1n) is 8.63. The first kappa shape index (κ1) is 19.7. The van der Waals surface area contributed by atoms with Crippen molar-refractivity contribution >= 4 is 11.6 Å². The van der Waals surface area contributed by atoms with E-state index < -0.39 is 0 Å². The molecule has 0 spiro atoms. The summed E-state index contributed by atoms with van der Waals surface area (Å²) in [7, 11) is 0. The first-order valence-corrected chi connectivity index (χ1v) is 8.63. The third-order valence-electron chi connectivity index (χ3n) is 3.53. The zero-order valence-electron chi connectivity index (χ0n) is 14.6. The molecule has 0 atom stereocenters. The van der Waals surface area contributed by atoms with E-state index in [2.05, 4.69) is 25.2 Å². The van der Waals surface area contributed by atoms with Gasteiger partial charge in [0.25, 0.3) is 0 Å². The second kappa shape index (κ2) is 12.4. The highest BCUT2D eigenvalue weighted by molar-refractivity contribution is 5.91. The van der Waals surface area contributed by atoms with Gasteiger partial charge in [0.05, 0.1) is 0 Å². The highest BCUT2D eigenvalue weighted by Crippen LogP contribution is 2.23. The molecule has 2 nitrogen and oxygen atoms in total. The van der Waals surface area contributed by atoms with Gasteiger partial charge in [-0.2, -0.15) is 0 Å². The second-order valence-corrected chi connectivity index (χ2v) is 5.01. The van der Waals surface area contributed by atoms with Gasteiger partial charge in [0.1, 0.15) is 0 Å². The minimum atomic E-state index is 0.100. The minimum Gasteiger partial charge on any atom is -0.326 e. The smallest absolute Gasteiger partial charge is 0.224 e. The number of unbranched alkanes of at least 4 members (excludes halogenated alkanes) is 3. The fourth-order valence-electron chi connectivity index (χ4n) is 2.35. The quantitative estimate of drug-likeness (QED) is 0.607. The van der Waals surface area contributed by atoms with Crippen molar-refractivity contribution in [1.82, 2.24) is 0 Å². The molecule has 0 aliphatic rings. The van der Waals surface area contributed by atoms with E-state index in [-0.39, 0.29) is 5.91 Å². The van der Waals surface area contributed by atoms with Crippen LogP contribution in [0.1, 0.15) is 77.8 Å². The number of nitrogens with one attached hydrogen (secondary N) is 1. The van der Waals surface area contributed by atoms with Crippen molar-refractivity contribution in [1.29, 1.82) is 0 Å². The molecule has 1 aromatic carbocycles. The maximum Gasteiger partial charge on any atom is 0.224 e. The summed E-state index contributed by atoms with van der Waals surface area (Å²) in [6.45, 7) is 10.3. The van der Waals surface area contributed by atoms with Gasteiger partial charge in [-0.1, -0.05) is 66.0 Å². The number of aryl methyl sites for hydroxylation is 1. The Kier molecular flexibility index (Phi) is 11.7. The molecule has 0 unspecified atom stereocenters. The Hall–Kier alpha value is -1.31. The molecule has 1 N–H and O–H groups in total. The van der Waals surface area contributed by atoms with E-state index in [0.29, 0.717) is 6.42 Å². The van der Waals surface area contributed by atoms with E-state index in [1.165, 1.54) is 36.8 Å². The van der Waals surface area contributed by atoms with Crippen LogP contribution in [-0.2, 0) is 17.6 Å². The van der Waals surface area contributed by atoms with Crippen LogP contribution in [0.2, 0.25) is 0 Å². The largest absolute Gasteiger partial charge is 0.326 e. The van der Waals surface area contributed by atoms with Gasteiger partial charge in [-0.15, -0.1) is 0 Å². The molecule has 1 rings (SSSR count). The van der Waals surface area contributed by atoms with Crippen molar-refractivity contribution in [3.05, 3.63) is 29.3 Å². The summed E-state index contributed by atoms with van der Waals surface area (Å²) in [5.41, 5.74) is 3.72. The monoisotopic (exact) mass is 291 g/mol. The summed E-state index contributed by atoms with van der Waals surface area (Å²) in [6.07, 6.45) is 7.67. The third kappa shape index (κ3) is 7.31. The summed E-state index contributed by atoms with van der Waals surface area (Å²) in [4.78, 5) is 11.6. The zero-order chi connectivity index (χ0) is 16.1. The lowest BCUT2D eigenvalue weighted by Crippen LogP contribution is -2.12. The number of carbonyl (C=O) groups excluding carboxylic acids is 1. The van der Waals surface area contributed by atoms with E-state index in [4.69, 9.17) is 0 Å². The molecule has 0 saturated carbocycles. The molecule has 0 heterocycles. The molecule has 0 aliphatic heterocycles. The summed E-state index contributed by atoms with van der Waals surface area (Å²) < 4.78 is 0. The van der Waals surface area contributed by atoms with Crippen LogP contribution >= 0.6 is 0 Å². The number of hydrogen-bond donors (Lipinski definition) is 1. The van der Waals surface area contributed by atoms with E-state index in [0.717, 1.165) is 18.5 Å². The van der Waals surface area contributed by atoms with Gasteiger partial charge >= 0.3 is 0 Å². The number of rotatable bonds is 8. The Bertz CT molecular complexity index is 399. The standard InChI is InChI=1S/C17H27NO.C2H6/c1-4-7-8-9-12-15-14(5-2)11-10-13-16(15)18-17(19)6-3;1-2/h10-11,13H,4-9,12H2,1-3H3,(H,18,19);1-2H3. The number of amides is 1. The van der Waals surface area contributed by atoms with Crippen molar-refractivity contribution in [3.63, 3.8) is 0 Å². The normalized spacial score (nSPS) is 9.76. The minimum absolute atomic E-state index is 0.100. The van der Waals surface area contributed by atoms with Gasteiger partial charge < -0.3 is 5.32 Å². The topological polar surface area (TPSA) is 29.1 Å². The van der Waals surface area contributed by atoms with Gasteiger partial charge in [-0.3, -0.25) is 4.79 Å². The molecule has 1 amide bonds. The number of hydrogen-bond acceptors (Lipinski definition) is 1. The molecule has 2 heteroatoms. The van der Waals surface area contributed by atoms with Crippen LogP contribution in [0.4, 0.5) is 5.69 Å². The highest BCUT2D eigenvalue weighted by atomic mass is 16.1. The van der Waals surface area contributed by atoms with Crippen LogP contribution in [-0.4, -0.2) is 5.91 Å². The molecule has 0 aliphatic carbocycles. The van der Waals surface area contributed by atoms with Crippen LogP contribution in [0.15, 0.2) is 18.2 Å². The Morgan fingerprint density at radius 3 is 2.33 bits per heavy atom. The SMILES string of the molecule is CC.CCCCCCc1c(CC)cccc1NC(=O)CC. The predicted molar refractivity (Wildman–Crippen MR) is 93.9 cm³/mol. The maximum atomic E-state index is 11.6. The van der Waals surface area contributed by atoms with Crippen LogP contribution in [0.25, 0.3) is 0 Å². The summed E-state index contributed by atoms with van der Waals surface area (Å²) in [5, 5.41) is 3.04. The number of benzene rings is 1. The van der Waals surface area contributed by atoms with Crippen LogP contribution < -0.4 is 5.32 Å². The van der Waals surface area contributed by atoms with Crippen molar-refractivity contribution < 1.29 is 4.79 Å². The lowest BCUT2D eigenvalue weighted by molar-refractivity contribution is -0.115.